The van der Waals surface area contributed by atoms with Crippen LogP contribution in [-0.4, -0.2) is 41.8 Å². The molecule has 0 radical (unpaired) electrons. The predicted molar refractivity (Wildman–Crippen MR) is 182 cm³/mol. The van der Waals surface area contributed by atoms with Gasteiger partial charge in [0.2, 0.25) is 0 Å². The minimum absolute atomic E-state index is 0.143. The van der Waals surface area contributed by atoms with Crippen molar-refractivity contribution in [1.82, 2.24) is 4.90 Å². The maximum atomic E-state index is 14.6. The van der Waals surface area contributed by atoms with E-state index in [9.17, 15) is 4.79 Å². The first-order valence-electron chi connectivity index (χ1n) is 16.2. The molecule has 6 heteroatoms. The molecule has 0 spiro atoms. The molecule has 1 aliphatic heterocycles. The molecule has 1 fully saturated rings. The molecule has 6 nitrogen and oxygen atoms in total. The van der Waals surface area contributed by atoms with Crippen molar-refractivity contribution in [2.45, 2.75) is 57.3 Å². The van der Waals surface area contributed by atoms with Crippen LogP contribution in [0.4, 0.5) is 0 Å². The number of ether oxygens (including phenoxy) is 4. The average Bonchev–Trinajstić information content (AvgIpc) is 3.13. The lowest BCUT2D eigenvalue weighted by atomic mass is 9.91. The van der Waals surface area contributed by atoms with E-state index in [1.807, 2.05) is 157 Å². The van der Waals surface area contributed by atoms with Crippen molar-refractivity contribution in [1.29, 1.82) is 0 Å². The van der Waals surface area contributed by atoms with E-state index in [0.717, 1.165) is 27.8 Å². The minimum atomic E-state index is -0.895. The summed E-state index contributed by atoms with van der Waals surface area (Å²) in [6, 6.07) is 49.6. The monoisotopic (exact) mass is 627 g/mol. The molecule has 0 unspecified atom stereocenters. The standard InChI is InChI=1S/C41H41NO5/c43-41-40(47-30-36-24-14-5-15-25-36)39(46-29-35-22-12-4-13-23-35)38(45-28-34-20-10-3-11-21-34)37(31-44-27-33-18-8-2-9-19-33)42(41)26-32-16-6-1-7-17-32/h1-25,37-40H,26-31H2/t37-,38-,39+,40-/m1/s1. The minimum Gasteiger partial charge on any atom is -0.375 e. The number of nitrogens with zero attached hydrogens (tertiary/aromatic N) is 1. The summed E-state index contributed by atoms with van der Waals surface area (Å²) in [4.78, 5) is 16.5. The van der Waals surface area contributed by atoms with Crippen molar-refractivity contribution in [2.75, 3.05) is 6.61 Å². The number of amides is 1. The number of benzene rings is 5. The zero-order chi connectivity index (χ0) is 32.1. The van der Waals surface area contributed by atoms with Gasteiger partial charge in [-0.2, -0.15) is 0 Å². The number of rotatable bonds is 15. The van der Waals surface area contributed by atoms with E-state index in [1.54, 1.807) is 0 Å². The van der Waals surface area contributed by atoms with Gasteiger partial charge < -0.3 is 23.8 Å². The topological polar surface area (TPSA) is 57.2 Å². The average molecular weight is 628 g/mol. The molecule has 1 amide bonds. The summed E-state index contributed by atoms with van der Waals surface area (Å²) in [5, 5.41) is 0. The first-order valence-corrected chi connectivity index (χ1v) is 16.2. The second-order valence-electron chi connectivity index (χ2n) is 11.8. The van der Waals surface area contributed by atoms with Gasteiger partial charge >= 0.3 is 0 Å². The number of likely N-dealkylation sites (tertiary alicyclic amines) is 1. The van der Waals surface area contributed by atoms with E-state index >= 15 is 0 Å². The maximum Gasteiger partial charge on any atom is 0.255 e. The van der Waals surface area contributed by atoms with Crippen molar-refractivity contribution < 1.29 is 23.7 Å². The van der Waals surface area contributed by atoms with Crippen LogP contribution in [0.15, 0.2) is 152 Å². The van der Waals surface area contributed by atoms with Crippen LogP contribution < -0.4 is 0 Å². The van der Waals surface area contributed by atoms with Crippen molar-refractivity contribution >= 4 is 5.91 Å². The molecular weight excluding hydrogens is 586 g/mol. The van der Waals surface area contributed by atoms with Crippen molar-refractivity contribution in [3.63, 3.8) is 0 Å². The molecule has 47 heavy (non-hydrogen) atoms. The molecule has 1 aliphatic rings. The summed E-state index contributed by atoms with van der Waals surface area (Å²) in [6.07, 6.45) is -2.13. The lowest BCUT2D eigenvalue weighted by Crippen LogP contribution is -2.67. The second kappa shape index (κ2) is 16.8. The zero-order valence-corrected chi connectivity index (χ0v) is 26.5. The van der Waals surface area contributed by atoms with Gasteiger partial charge in [-0.3, -0.25) is 4.79 Å². The van der Waals surface area contributed by atoms with E-state index in [4.69, 9.17) is 18.9 Å². The third-order valence-electron chi connectivity index (χ3n) is 8.37. The van der Waals surface area contributed by atoms with Crippen LogP contribution in [-0.2, 0) is 56.7 Å². The van der Waals surface area contributed by atoms with Crippen LogP contribution >= 0.6 is 0 Å². The molecule has 6 rings (SSSR count). The van der Waals surface area contributed by atoms with Crippen LogP contribution in [0.1, 0.15) is 27.8 Å². The molecule has 4 atom stereocenters. The van der Waals surface area contributed by atoms with E-state index in [0.29, 0.717) is 26.4 Å². The molecule has 5 aromatic rings. The fraction of sp³-hybridized carbons (Fsp3) is 0.244. The van der Waals surface area contributed by atoms with Crippen molar-refractivity contribution in [2.24, 2.45) is 0 Å². The number of hydrogen-bond acceptors (Lipinski definition) is 5. The van der Waals surface area contributed by atoms with E-state index in [1.165, 1.54) is 0 Å². The lowest BCUT2D eigenvalue weighted by Gasteiger charge is -2.48. The Labute approximate surface area is 277 Å². The quantitative estimate of drug-likeness (QED) is 0.121. The highest BCUT2D eigenvalue weighted by atomic mass is 16.6. The Balaban J connectivity index is 1.35. The fourth-order valence-corrected chi connectivity index (χ4v) is 5.92. The van der Waals surface area contributed by atoms with E-state index in [-0.39, 0.29) is 19.1 Å². The Morgan fingerprint density at radius 1 is 0.447 bits per heavy atom. The molecule has 0 aromatic heterocycles. The smallest absolute Gasteiger partial charge is 0.255 e. The number of carbonyl (C=O) groups is 1. The first-order chi connectivity index (χ1) is 23.2. The molecule has 0 aliphatic carbocycles. The van der Waals surface area contributed by atoms with Gasteiger partial charge in [-0.25, -0.2) is 0 Å². The Morgan fingerprint density at radius 3 is 1.30 bits per heavy atom. The van der Waals surface area contributed by atoms with Gasteiger partial charge in [0.15, 0.2) is 6.10 Å². The normalized spacial score (nSPS) is 19.5. The van der Waals surface area contributed by atoms with Gasteiger partial charge in [0.05, 0.1) is 39.1 Å². The zero-order valence-electron chi connectivity index (χ0n) is 26.5. The maximum absolute atomic E-state index is 14.6. The van der Waals surface area contributed by atoms with Gasteiger partial charge in [-0.05, 0) is 27.8 Å². The summed E-state index contributed by atoms with van der Waals surface area (Å²) in [5.41, 5.74) is 5.10. The summed E-state index contributed by atoms with van der Waals surface area (Å²) in [5.74, 6) is -0.143. The predicted octanol–water partition coefficient (Wildman–Crippen LogP) is 7.37. The van der Waals surface area contributed by atoms with Crippen molar-refractivity contribution in [3.05, 3.63) is 179 Å². The van der Waals surface area contributed by atoms with Crippen LogP contribution in [0.2, 0.25) is 0 Å². The number of hydrogen-bond donors (Lipinski definition) is 0. The van der Waals surface area contributed by atoms with Gasteiger partial charge in [0.25, 0.3) is 5.91 Å². The Bertz CT molecular complexity index is 1620. The Kier molecular flexibility index (Phi) is 11.6. The summed E-state index contributed by atoms with van der Waals surface area (Å²) in [6.45, 7) is 2.00. The van der Waals surface area contributed by atoms with Crippen LogP contribution in [0.25, 0.3) is 0 Å². The third-order valence-corrected chi connectivity index (χ3v) is 8.37. The van der Waals surface area contributed by atoms with Crippen LogP contribution in [0.5, 0.6) is 0 Å². The number of carbonyl (C=O) groups excluding carboxylic acids is 1. The van der Waals surface area contributed by atoms with Crippen LogP contribution in [0.3, 0.4) is 0 Å². The lowest BCUT2D eigenvalue weighted by molar-refractivity contribution is -0.214. The third kappa shape index (κ3) is 9.03. The van der Waals surface area contributed by atoms with E-state index in [2.05, 4.69) is 0 Å². The van der Waals surface area contributed by atoms with Gasteiger partial charge in [-0.1, -0.05) is 152 Å². The highest BCUT2D eigenvalue weighted by Crippen LogP contribution is 2.31. The second-order valence-corrected chi connectivity index (χ2v) is 11.8. The molecule has 1 saturated heterocycles. The Hall–Kier alpha value is -4.59. The fourth-order valence-electron chi connectivity index (χ4n) is 5.92. The summed E-state index contributed by atoms with van der Waals surface area (Å²) in [7, 11) is 0. The van der Waals surface area contributed by atoms with Crippen LogP contribution in [0, 0.1) is 0 Å². The highest BCUT2D eigenvalue weighted by Gasteiger charge is 2.51. The van der Waals surface area contributed by atoms with Gasteiger partial charge in [-0.15, -0.1) is 0 Å². The largest absolute Gasteiger partial charge is 0.375 e. The molecule has 0 N–H and O–H groups in total. The first kappa shape index (κ1) is 32.4. The number of piperidine rings is 1. The highest BCUT2D eigenvalue weighted by molar-refractivity contribution is 5.83. The van der Waals surface area contributed by atoms with Gasteiger partial charge in [0.1, 0.15) is 12.2 Å². The van der Waals surface area contributed by atoms with E-state index < -0.39 is 24.4 Å². The Morgan fingerprint density at radius 2 is 0.830 bits per heavy atom. The SMILES string of the molecule is O=C1[C@H](OCc2ccccc2)[C@@H](OCc2ccccc2)[C@H](OCc2ccccc2)[C@@H](COCc2ccccc2)N1Cc1ccccc1. The molecule has 0 saturated carbocycles. The summed E-state index contributed by atoms with van der Waals surface area (Å²) >= 11 is 0. The molecular formula is C41H41NO5. The van der Waals surface area contributed by atoms with Crippen molar-refractivity contribution in [3.8, 4) is 0 Å². The molecule has 240 valence electrons. The molecule has 5 aromatic carbocycles. The summed E-state index contributed by atoms with van der Waals surface area (Å²) < 4.78 is 26.4. The molecule has 1 heterocycles. The molecule has 0 bridgehead atoms. The van der Waals surface area contributed by atoms with Gasteiger partial charge in [0, 0.05) is 6.54 Å².